The minimum Gasteiger partial charge on any atom is -0.392 e. The zero-order valence-electron chi connectivity index (χ0n) is 10.9. The molecule has 0 amide bonds. The van der Waals surface area contributed by atoms with Crippen LogP contribution in [0.3, 0.4) is 0 Å². The number of nitrogens with zero attached hydrogens (tertiary/aromatic N) is 1. The van der Waals surface area contributed by atoms with E-state index in [4.69, 9.17) is 5.11 Å². The summed E-state index contributed by atoms with van der Waals surface area (Å²) in [5, 5.41) is 23.3. The molecule has 1 aliphatic heterocycles. The highest BCUT2D eigenvalue weighted by molar-refractivity contribution is 8.00. The lowest BCUT2D eigenvalue weighted by Crippen LogP contribution is -2.27. The maximum atomic E-state index is 11.0. The minimum atomic E-state index is -0.395. The van der Waals surface area contributed by atoms with E-state index in [1.165, 1.54) is 12.5 Å². The van der Waals surface area contributed by atoms with Gasteiger partial charge in [0.05, 0.1) is 11.5 Å². The first kappa shape index (κ1) is 14.1. The standard InChI is InChI=1S/C13H18N2O3S/c1-13(5-2-6-19-13)9-14-11-7-10(8-16)3-4-12(11)15(17)18/h3-4,7,14,16H,2,5-6,8-9H2,1H3. The average Bonchev–Trinajstić information content (AvgIpc) is 2.83. The minimum absolute atomic E-state index is 0.0591. The van der Waals surface area contributed by atoms with Crippen LogP contribution in [0.5, 0.6) is 0 Å². The van der Waals surface area contributed by atoms with Crippen LogP contribution in [0.15, 0.2) is 18.2 Å². The van der Waals surface area contributed by atoms with Crippen LogP contribution >= 0.6 is 11.8 Å². The third-order valence-corrected chi connectivity index (χ3v) is 4.93. The smallest absolute Gasteiger partial charge is 0.292 e. The van der Waals surface area contributed by atoms with E-state index in [1.807, 2.05) is 11.8 Å². The number of aliphatic hydroxyl groups is 1. The summed E-state index contributed by atoms with van der Waals surface area (Å²) in [6, 6.07) is 4.68. The summed E-state index contributed by atoms with van der Waals surface area (Å²) in [5.41, 5.74) is 1.23. The van der Waals surface area contributed by atoms with Gasteiger partial charge < -0.3 is 10.4 Å². The molecule has 0 saturated carbocycles. The molecule has 1 aliphatic rings. The van der Waals surface area contributed by atoms with Crippen molar-refractivity contribution in [1.82, 2.24) is 0 Å². The van der Waals surface area contributed by atoms with E-state index in [1.54, 1.807) is 12.1 Å². The molecule has 0 aliphatic carbocycles. The molecule has 1 aromatic carbocycles. The maximum Gasteiger partial charge on any atom is 0.292 e. The molecular formula is C13H18N2O3S. The Hall–Kier alpha value is -1.27. The van der Waals surface area contributed by atoms with Crippen molar-refractivity contribution in [3.05, 3.63) is 33.9 Å². The highest BCUT2D eigenvalue weighted by Gasteiger charge is 2.29. The summed E-state index contributed by atoms with van der Waals surface area (Å²) in [6.07, 6.45) is 2.32. The molecule has 0 spiro atoms. The highest BCUT2D eigenvalue weighted by atomic mass is 32.2. The second kappa shape index (κ2) is 5.79. The number of benzene rings is 1. The molecule has 0 bridgehead atoms. The first-order valence-electron chi connectivity index (χ1n) is 6.30. The largest absolute Gasteiger partial charge is 0.392 e. The van der Waals surface area contributed by atoms with Crippen LogP contribution in [-0.2, 0) is 6.61 Å². The number of anilines is 1. The van der Waals surface area contributed by atoms with Crippen LogP contribution in [0.2, 0.25) is 0 Å². The molecule has 0 aromatic heterocycles. The highest BCUT2D eigenvalue weighted by Crippen LogP contribution is 2.38. The summed E-state index contributed by atoms with van der Waals surface area (Å²) >= 11 is 1.91. The Morgan fingerprint density at radius 3 is 2.95 bits per heavy atom. The van der Waals surface area contributed by atoms with Gasteiger partial charge in [0, 0.05) is 17.4 Å². The summed E-state index contributed by atoms with van der Waals surface area (Å²) in [7, 11) is 0. The van der Waals surface area contributed by atoms with Crippen molar-refractivity contribution in [2.24, 2.45) is 0 Å². The van der Waals surface area contributed by atoms with Gasteiger partial charge in [0.1, 0.15) is 5.69 Å². The molecule has 1 heterocycles. The van der Waals surface area contributed by atoms with Crippen LogP contribution in [0, 0.1) is 10.1 Å². The molecule has 2 rings (SSSR count). The van der Waals surface area contributed by atoms with Gasteiger partial charge in [0.2, 0.25) is 0 Å². The van der Waals surface area contributed by atoms with Crippen LogP contribution in [0.25, 0.3) is 0 Å². The second-order valence-electron chi connectivity index (χ2n) is 5.02. The summed E-state index contributed by atoms with van der Waals surface area (Å²) in [6.45, 7) is 2.77. The second-order valence-corrected chi connectivity index (χ2v) is 6.70. The van der Waals surface area contributed by atoms with Gasteiger partial charge in [-0.3, -0.25) is 10.1 Å². The van der Waals surface area contributed by atoms with Gasteiger partial charge in [-0.05, 0) is 43.2 Å². The fraction of sp³-hybridized carbons (Fsp3) is 0.538. The van der Waals surface area contributed by atoms with Crippen molar-refractivity contribution < 1.29 is 10.0 Å². The van der Waals surface area contributed by atoms with E-state index >= 15 is 0 Å². The van der Waals surface area contributed by atoms with Crippen LogP contribution in [-0.4, -0.2) is 27.1 Å². The molecule has 6 heteroatoms. The van der Waals surface area contributed by atoms with Gasteiger partial charge >= 0.3 is 0 Å². The molecule has 104 valence electrons. The predicted octanol–water partition coefficient (Wildman–Crippen LogP) is 2.78. The zero-order valence-corrected chi connectivity index (χ0v) is 11.7. The van der Waals surface area contributed by atoms with Gasteiger partial charge in [-0.15, -0.1) is 0 Å². The molecule has 1 unspecified atom stereocenters. The monoisotopic (exact) mass is 282 g/mol. The van der Waals surface area contributed by atoms with Gasteiger partial charge in [0.25, 0.3) is 5.69 Å². The van der Waals surface area contributed by atoms with Crippen molar-refractivity contribution in [3.63, 3.8) is 0 Å². The average molecular weight is 282 g/mol. The third kappa shape index (κ3) is 3.39. The Bertz CT molecular complexity index is 473. The fourth-order valence-corrected chi connectivity index (χ4v) is 3.49. The fourth-order valence-electron chi connectivity index (χ4n) is 2.24. The van der Waals surface area contributed by atoms with E-state index in [-0.39, 0.29) is 17.0 Å². The molecule has 1 atom stereocenters. The van der Waals surface area contributed by atoms with E-state index in [0.29, 0.717) is 17.8 Å². The van der Waals surface area contributed by atoms with Crippen molar-refractivity contribution in [1.29, 1.82) is 0 Å². The zero-order chi connectivity index (χ0) is 13.9. The Balaban J connectivity index is 2.15. The molecule has 0 radical (unpaired) electrons. The molecule has 1 saturated heterocycles. The van der Waals surface area contributed by atoms with Crippen molar-refractivity contribution in [2.75, 3.05) is 17.6 Å². The maximum absolute atomic E-state index is 11.0. The SMILES string of the molecule is CC1(CNc2cc(CO)ccc2[N+](=O)[O-])CCCS1. The van der Waals surface area contributed by atoms with Crippen molar-refractivity contribution in [2.45, 2.75) is 31.1 Å². The van der Waals surface area contributed by atoms with Gasteiger partial charge in [-0.1, -0.05) is 0 Å². The predicted molar refractivity (Wildman–Crippen MR) is 77.6 cm³/mol. The Labute approximate surface area is 116 Å². The number of thioether (sulfide) groups is 1. The molecule has 19 heavy (non-hydrogen) atoms. The van der Waals surface area contributed by atoms with E-state index in [9.17, 15) is 10.1 Å². The van der Waals surface area contributed by atoms with Gasteiger partial charge in [0.15, 0.2) is 0 Å². The van der Waals surface area contributed by atoms with E-state index < -0.39 is 4.92 Å². The first-order valence-corrected chi connectivity index (χ1v) is 7.29. The molecule has 2 N–H and O–H groups in total. The number of nitro groups is 1. The summed E-state index contributed by atoms with van der Waals surface area (Å²) in [5.74, 6) is 1.15. The van der Waals surface area contributed by atoms with Crippen LogP contribution in [0.4, 0.5) is 11.4 Å². The number of nitrogens with one attached hydrogen (secondary N) is 1. The van der Waals surface area contributed by atoms with E-state index in [2.05, 4.69) is 12.2 Å². The third-order valence-electron chi connectivity index (χ3n) is 3.39. The number of nitro benzene ring substituents is 1. The Morgan fingerprint density at radius 2 is 2.37 bits per heavy atom. The van der Waals surface area contributed by atoms with Crippen molar-refractivity contribution >= 4 is 23.1 Å². The van der Waals surface area contributed by atoms with E-state index in [0.717, 1.165) is 12.2 Å². The molecule has 1 fully saturated rings. The normalized spacial score (nSPS) is 22.4. The summed E-state index contributed by atoms with van der Waals surface area (Å²) in [4.78, 5) is 10.6. The lowest BCUT2D eigenvalue weighted by molar-refractivity contribution is -0.384. The lowest BCUT2D eigenvalue weighted by Gasteiger charge is -2.23. The van der Waals surface area contributed by atoms with Crippen LogP contribution < -0.4 is 5.32 Å². The Morgan fingerprint density at radius 1 is 1.58 bits per heavy atom. The first-order chi connectivity index (χ1) is 9.04. The molecule has 1 aromatic rings. The topological polar surface area (TPSA) is 75.4 Å². The summed E-state index contributed by atoms with van der Waals surface area (Å²) < 4.78 is 0.142. The molecular weight excluding hydrogens is 264 g/mol. The quantitative estimate of drug-likeness (QED) is 0.641. The van der Waals surface area contributed by atoms with Gasteiger partial charge in [-0.2, -0.15) is 11.8 Å². The number of hydrogen-bond acceptors (Lipinski definition) is 5. The van der Waals surface area contributed by atoms with Gasteiger partial charge in [-0.25, -0.2) is 0 Å². The van der Waals surface area contributed by atoms with Crippen LogP contribution in [0.1, 0.15) is 25.3 Å². The van der Waals surface area contributed by atoms with Crippen molar-refractivity contribution in [3.8, 4) is 0 Å². The number of aliphatic hydroxyl groups excluding tert-OH is 1. The lowest BCUT2D eigenvalue weighted by atomic mass is 10.1. The Kier molecular flexibility index (Phi) is 4.31. The number of rotatable bonds is 5. The molecule has 5 nitrogen and oxygen atoms in total. The number of hydrogen-bond donors (Lipinski definition) is 2.